The van der Waals surface area contributed by atoms with Crippen molar-refractivity contribution >= 4 is 59.2 Å². The number of aromatic nitrogens is 2. The Morgan fingerprint density at radius 3 is 1.70 bits per heavy atom. The van der Waals surface area contributed by atoms with Gasteiger partial charge in [-0.25, -0.2) is 9.97 Å². The van der Waals surface area contributed by atoms with Gasteiger partial charge in [0, 0.05) is 28.8 Å². The van der Waals surface area contributed by atoms with Crippen molar-refractivity contribution in [3.63, 3.8) is 0 Å². The summed E-state index contributed by atoms with van der Waals surface area (Å²) in [5.41, 5.74) is 2.66. The first kappa shape index (κ1) is 42.6. The molecule has 13 heteroatoms. The second-order valence-electron chi connectivity index (χ2n) is 8.62. The second kappa shape index (κ2) is 26.5. The molecule has 2 aliphatic rings. The van der Waals surface area contributed by atoms with E-state index >= 15 is 0 Å². The van der Waals surface area contributed by atoms with Crippen LogP contribution in [0.15, 0.2) is 94.1 Å². The topological polar surface area (TPSA) is 105 Å². The zero-order valence-corrected chi connectivity index (χ0v) is 41.7. The van der Waals surface area contributed by atoms with Crippen molar-refractivity contribution in [1.29, 1.82) is 0 Å². The second-order valence-corrected chi connectivity index (χ2v) is 10.8. The molecule has 2 aromatic carbocycles. The number of aromatic hydroxyl groups is 1. The van der Waals surface area contributed by atoms with Crippen molar-refractivity contribution in [2.24, 2.45) is 0 Å². The van der Waals surface area contributed by atoms with Crippen LogP contribution >= 0.6 is 52.7 Å². The summed E-state index contributed by atoms with van der Waals surface area (Å²) in [4.78, 5) is 19.6. The molecule has 0 saturated heterocycles. The summed E-state index contributed by atoms with van der Waals surface area (Å²) in [6.07, 6.45) is 9.04. The summed E-state index contributed by atoms with van der Waals surface area (Å²) in [7, 11) is 2.25. The molecule has 6 rings (SSSR count). The van der Waals surface area contributed by atoms with Gasteiger partial charge in [0.05, 0.1) is 0 Å². The Kier molecular flexibility index (Phi) is 26.2. The SMILES string of the molecule is Brc1ccc(Oc2ccc(C3CC3)cn2)cc1.Clc1ccc(C2CC2)cn1.O=CO[O-].Oc1ccc(Br)cc1.[2H]CP.[Cs+].[Cs+].[H-]. The van der Waals surface area contributed by atoms with Crippen molar-refractivity contribution in [3.8, 4) is 17.4 Å². The van der Waals surface area contributed by atoms with E-state index in [2.05, 4.69) is 68.1 Å². The maximum atomic E-state index is 8.74. The third-order valence-electron chi connectivity index (χ3n) is 5.51. The summed E-state index contributed by atoms with van der Waals surface area (Å²) in [5, 5.41) is 17.8. The van der Waals surface area contributed by atoms with Crippen LogP contribution in [0.4, 0.5) is 0 Å². The fourth-order valence-corrected chi connectivity index (χ4v) is 3.86. The summed E-state index contributed by atoms with van der Waals surface area (Å²) >= 11 is 12.3. The Balaban J connectivity index is 0. The molecule has 0 amide bonds. The predicted octanol–water partition coefficient (Wildman–Crippen LogP) is 2.33. The van der Waals surface area contributed by atoms with E-state index in [1.807, 2.05) is 48.8 Å². The van der Waals surface area contributed by atoms with Gasteiger partial charge in [-0.15, -0.1) is 9.24 Å². The maximum absolute atomic E-state index is 8.74. The van der Waals surface area contributed by atoms with E-state index in [-0.39, 0.29) is 146 Å². The van der Waals surface area contributed by atoms with Gasteiger partial charge in [-0.3, -0.25) is 4.79 Å². The molecule has 0 radical (unpaired) electrons. The molecule has 2 aromatic heterocycles. The molecule has 2 aliphatic carbocycles. The van der Waals surface area contributed by atoms with Crippen LogP contribution in [-0.2, 0) is 9.68 Å². The minimum absolute atomic E-state index is 0. The van der Waals surface area contributed by atoms with E-state index in [9.17, 15) is 0 Å². The number of ether oxygens (including phenoxy) is 1. The van der Waals surface area contributed by atoms with E-state index < -0.39 is 0 Å². The van der Waals surface area contributed by atoms with Crippen molar-refractivity contribution < 1.29 is 165 Å². The summed E-state index contributed by atoms with van der Waals surface area (Å²) in [6.45, 7) is 0.236. The molecule has 4 aromatic rings. The molecule has 1 N–H and O–H groups in total. The quantitative estimate of drug-likeness (QED) is 0.108. The Hall–Kier alpha value is 1.55. The van der Waals surface area contributed by atoms with E-state index in [1.54, 1.807) is 24.3 Å². The maximum Gasteiger partial charge on any atom is 1.00 e. The summed E-state index contributed by atoms with van der Waals surface area (Å²) in [6, 6.07) is 22.5. The fraction of sp³-hybridized carbons (Fsp3) is 0.233. The van der Waals surface area contributed by atoms with Crippen LogP contribution in [0, 0.1) is 0 Å². The third kappa shape index (κ3) is 20.5. The molecule has 220 valence electrons. The summed E-state index contributed by atoms with van der Waals surface area (Å²) < 4.78 is 13.9. The number of pyridine rings is 2. The first-order valence-corrected chi connectivity index (χ1v) is 15.2. The monoisotopic (exact) mass is 991 g/mol. The Morgan fingerprint density at radius 1 is 0.907 bits per heavy atom. The molecule has 0 spiro atoms. The first-order chi connectivity index (χ1) is 20.3. The van der Waals surface area contributed by atoms with Crippen LogP contribution in [0.1, 0.15) is 51.4 Å². The van der Waals surface area contributed by atoms with E-state index in [4.69, 9.17) is 32.9 Å². The first-order valence-electron chi connectivity index (χ1n) is 13.2. The number of rotatable bonds is 5. The average Bonchev–Trinajstić information content (AvgIpc) is 3.92. The zero-order valence-electron chi connectivity index (χ0n) is 26.0. The number of hydrogen-bond donors (Lipinski definition) is 1. The van der Waals surface area contributed by atoms with Crippen LogP contribution in [-0.4, -0.2) is 28.2 Å². The van der Waals surface area contributed by atoms with Crippen molar-refractivity contribution in [3.05, 3.63) is 110 Å². The van der Waals surface area contributed by atoms with Crippen LogP contribution in [0.25, 0.3) is 0 Å². The van der Waals surface area contributed by atoms with Crippen molar-refractivity contribution in [2.45, 2.75) is 37.5 Å². The number of nitrogens with zero attached hydrogens (tertiary/aromatic N) is 2. The Morgan fingerprint density at radius 2 is 1.35 bits per heavy atom. The van der Waals surface area contributed by atoms with Gasteiger partial charge >= 0.3 is 138 Å². The van der Waals surface area contributed by atoms with Gasteiger partial charge in [0.2, 0.25) is 5.88 Å². The van der Waals surface area contributed by atoms with Gasteiger partial charge < -0.3 is 21.4 Å². The van der Waals surface area contributed by atoms with E-state index in [1.165, 1.54) is 36.8 Å². The zero-order chi connectivity index (χ0) is 30.7. The molecule has 7 nitrogen and oxygen atoms in total. The molecule has 43 heavy (non-hydrogen) atoms. The molecule has 2 heterocycles. The molecule has 1 unspecified atom stereocenters. The average molecular weight is 994 g/mol. The molecule has 0 bridgehead atoms. The largest absolute Gasteiger partial charge is 1.00 e. The van der Waals surface area contributed by atoms with Gasteiger partial charge in [-0.05, 0) is 103 Å². The van der Waals surface area contributed by atoms with Crippen LogP contribution in [0.5, 0.6) is 17.4 Å². The van der Waals surface area contributed by atoms with Crippen molar-refractivity contribution in [2.75, 3.05) is 6.64 Å². The van der Waals surface area contributed by atoms with Crippen molar-refractivity contribution in [1.82, 2.24) is 9.97 Å². The standard InChI is InChI=1S/C14H12BrNO.C8H8ClN.C6H5BrO.CH2O3.CH5P.2Cs.H/c15-12-4-6-13(7-5-12)17-14-8-3-11(9-16-14)10-1-2-10;9-8-4-3-7(5-10-8)6-1-2-6;7-5-1-3-6(8)4-2-5;2-1-4-3;1-2;;;/h3-10H,1-2H2;3-6H,1-2H2;1-4,8H;1,3H;2H2,1H3;;;/q;;;;;2*+1;-1/p-1/i;;;;1D;;;. The van der Waals surface area contributed by atoms with Crippen LogP contribution < -0.4 is 148 Å². The molecule has 2 saturated carbocycles. The van der Waals surface area contributed by atoms with E-state index in [0.717, 1.165) is 26.5 Å². The number of hydrogen-bond acceptors (Lipinski definition) is 7. The minimum Gasteiger partial charge on any atom is -1.00 e. The number of phenolic OH excluding ortho intramolecular Hbond substituents is 1. The molecule has 2 fully saturated rings. The van der Waals surface area contributed by atoms with Gasteiger partial charge in [0.25, 0.3) is 6.47 Å². The third-order valence-corrected chi connectivity index (χ3v) is 6.79. The number of carbonyl (C=O) groups excluding carboxylic acids is 1. The molecule has 1 atom stereocenters. The Labute approximate surface area is 398 Å². The fourth-order valence-electron chi connectivity index (χ4n) is 3.22. The normalized spacial score (nSPS) is 12.4. The summed E-state index contributed by atoms with van der Waals surface area (Å²) in [5.74, 6) is 3.28. The van der Waals surface area contributed by atoms with Gasteiger partial charge in [-0.2, -0.15) is 0 Å². The van der Waals surface area contributed by atoms with Crippen LogP contribution in [0.2, 0.25) is 5.15 Å². The number of halogens is 3. The molecule has 0 aliphatic heterocycles. The smallest absolute Gasteiger partial charge is 1.00 e. The molecular formula is C30H32Br2ClCs2N2O5P. The van der Waals surface area contributed by atoms with Crippen LogP contribution in [0.3, 0.4) is 0 Å². The van der Waals surface area contributed by atoms with E-state index in [0.29, 0.717) is 23.4 Å². The minimum atomic E-state index is -0.181. The number of benzene rings is 2. The number of carbonyl (C=O) groups is 1. The Bertz CT molecular complexity index is 1290. The van der Waals surface area contributed by atoms with Gasteiger partial charge in [0.15, 0.2) is 0 Å². The predicted molar refractivity (Wildman–Crippen MR) is 171 cm³/mol. The molecular weight excluding hydrogens is 960 g/mol. The van der Waals surface area contributed by atoms with Gasteiger partial charge in [-0.1, -0.05) is 62.2 Å². The number of phenols is 1. The van der Waals surface area contributed by atoms with Gasteiger partial charge in [0.1, 0.15) is 16.7 Å².